The Bertz CT molecular complexity index is 697. The summed E-state index contributed by atoms with van der Waals surface area (Å²) < 4.78 is 11.8. The zero-order chi connectivity index (χ0) is 15.0. The molecule has 0 bridgehead atoms. The second-order valence-electron chi connectivity index (χ2n) is 4.56. The van der Waals surface area contributed by atoms with Crippen molar-refractivity contribution in [1.29, 1.82) is 0 Å². The molecule has 1 aliphatic rings. The fourth-order valence-electron chi connectivity index (χ4n) is 2.28. The maximum Gasteiger partial charge on any atom is 0.167 e. The van der Waals surface area contributed by atoms with Crippen molar-refractivity contribution in [3.63, 3.8) is 0 Å². The minimum Gasteiger partial charge on any atom is -0.444 e. The number of nitrogens with zero attached hydrogens (tertiary/aromatic N) is 4. The molecule has 4 N–H and O–H groups in total. The number of rotatable bonds is 3. The molecule has 0 saturated carbocycles. The summed E-state index contributed by atoms with van der Waals surface area (Å²) in [6, 6.07) is 0. The Morgan fingerprint density at radius 2 is 2.19 bits per heavy atom. The van der Waals surface area contributed by atoms with Gasteiger partial charge in [0, 0.05) is 0 Å². The van der Waals surface area contributed by atoms with E-state index in [2.05, 4.69) is 15.0 Å². The lowest BCUT2D eigenvalue weighted by Crippen LogP contribution is -2.33. The normalized spacial score (nSPS) is 28.6. The smallest absolute Gasteiger partial charge is 0.167 e. The van der Waals surface area contributed by atoms with Gasteiger partial charge in [-0.05, 0) is 0 Å². The number of nitrogen functional groups attached to an aromatic ring is 1. The van der Waals surface area contributed by atoms with Crippen LogP contribution in [0.1, 0.15) is 6.23 Å². The van der Waals surface area contributed by atoms with Crippen molar-refractivity contribution in [3.8, 4) is 12.5 Å². The number of aromatic nitrogens is 4. The van der Waals surface area contributed by atoms with Crippen molar-refractivity contribution >= 4 is 17.0 Å². The van der Waals surface area contributed by atoms with Crippen LogP contribution < -0.4 is 5.73 Å². The summed E-state index contributed by atoms with van der Waals surface area (Å²) in [5.74, 6) is 0.221. The largest absolute Gasteiger partial charge is 0.444 e. The first-order valence-corrected chi connectivity index (χ1v) is 6.15. The first kappa shape index (κ1) is 13.6. The Hall–Kier alpha value is -2.41. The molecular formula is C12H13N5O4. The molecule has 0 aromatic carbocycles. The Morgan fingerprint density at radius 1 is 1.38 bits per heavy atom. The standard InChI is InChI=1S/C12H13N5O4/c1-2-20-3-6-8(18)9(19)12(21-6)17-5-16-7-10(13)14-4-15-11(7)17/h1,4-6,8-9,12,18-19H,3H2,(H2,13,14,15). The highest BCUT2D eigenvalue weighted by molar-refractivity contribution is 5.81. The molecule has 0 amide bonds. The lowest BCUT2D eigenvalue weighted by atomic mass is 10.1. The number of fused-ring (bicyclic) bond motifs is 1. The third kappa shape index (κ3) is 2.15. The lowest BCUT2D eigenvalue weighted by Gasteiger charge is -2.16. The van der Waals surface area contributed by atoms with Crippen LogP contribution in [0.4, 0.5) is 5.82 Å². The van der Waals surface area contributed by atoms with Crippen molar-refractivity contribution in [2.45, 2.75) is 24.5 Å². The number of anilines is 1. The molecule has 1 aliphatic heterocycles. The van der Waals surface area contributed by atoms with E-state index in [0.717, 1.165) is 0 Å². The predicted octanol–water partition coefficient (Wildman–Crippen LogP) is -1.36. The number of ether oxygens (including phenoxy) is 2. The van der Waals surface area contributed by atoms with E-state index in [4.69, 9.17) is 21.6 Å². The van der Waals surface area contributed by atoms with Crippen molar-refractivity contribution in [2.75, 3.05) is 12.3 Å². The number of nitrogens with two attached hydrogens (primary N) is 1. The first-order valence-electron chi connectivity index (χ1n) is 6.15. The lowest BCUT2D eigenvalue weighted by molar-refractivity contribution is -0.0509. The summed E-state index contributed by atoms with van der Waals surface area (Å²) in [7, 11) is 0. The highest BCUT2D eigenvalue weighted by Crippen LogP contribution is 2.31. The van der Waals surface area contributed by atoms with E-state index < -0.39 is 24.5 Å². The summed E-state index contributed by atoms with van der Waals surface area (Å²) >= 11 is 0. The van der Waals surface area contributed by atoms with E-state index in [1.54, 1.807) is 0 Å². The van der Waals surface area contributed by atoms with Crippen LogP contribution in [0.25, 0.3) is 11.2 Å². The van der Waals surface area contributed by atoms with Gasteiger partial charge in [-0.25, -0.2) is 15.0 Å². The number of hydrogen-bond acceptors (Lipinski definition) is 8. The summed E-state index contributed by atoms with van der Waals surface area (Å²) in [5, 5.41) is 20.1. The molecule has 1 fully saturated rings. The van der Waals surface area contributed by atoms with Gasteiger partial charge in [0.2, 0.25) is 0 Å². The summed E-state index contributed by atoms with van der Waals surface area (Å²) in [6.45, 7) is -0.0328. The molecule has 0 radical (unpaired) electrons. The van der Waals surface area contributed by atoms with Gasteiger partial charge < -0.3 is 25.4 Å². The van der Waals surface area contributed by atoms with Crippen LogP contribution in [0.5, 0.6) is 0 Å². The third-order valence-corrected chi connectivity index (χ3v) is 3.33. The average molecular weight is 291 g/mol. The number of terminal acetylenes is 1. The minimum absolute atomic E-state index is 0.0328. The van der Waals surface area contributed by atoms with E-state index in [0.29, 0.717) is 11.2 Å². The molecule has 2 aromatic rings. The van der Waals surface area contributed by atoms with Gasteiger partial charge >= 0.3 is 0 Å². The fraction of sp³-hybridized carbons (Fsp3) is 0.417. The molecular weight excluding hydrogens is 278 g/mol. The van der Waals surface area contributed by atoms with Gasteiger partial charge in [0.15, 0.2) is 17.7 Å². The maximum atomic E-state index is 10.1. The van der Waals surface area contributed by atoms with Crippen LogP contribution in [0.15, 0.2) is 12.7 Å². The van der Waals surface area contributed by atoms with E-state index in [1.165, 1.54) is 17.2 Å². The number of aliphatic hydroxyl groups excluding tert-OH is 2. The van der Waals surface area contributed by atoms with Crippen molar-refractivity contribution in [3.05, 3.63) is 12.7 Å². The van der Waals surface area contributed by atoms with Crippen molar-refractivity contribution in [2.24, 2.45) is 0 Å². The molecule has 4 unspecified atom stereocenters. The Kier molecular flexibility index (Phi) is 3.34. The van der Waals surface area contributed by atoms with Crippen molar-refractivity contribution in [1.82, 2.24) is 19.5 Å². The highest BCUT2D eigenvalue weighted by atomic mass is 16.6. The monoisotopic (exact) mass is 291 g/mol. The van der Waals surface area contributed by atoms with Gasteiger partial charge in [0.25, 0.3) is 0 Å². The second-order valence-corrected chi connectivity index (χ2v) is 4.56. The van der Waals surface area contributed by atoms with Gasteiger partial charge in [0.1, 0.15) is 42.9 Å². The first-order chi connectivity index (χ1) is 10.1. The van der Waals surface area contributed by atoms with Crippen LogP contribution in [-0.2, 0) is 9.47 Å². The average Bonchev–Trinajstić information content (AvgIpc) is 3.02. The van der Waals surface area contributed by atoms with E-state index in [-0.39, 0.29) is 12.4 Å². The molecule has 2 aromatic heterocycles. The summed E-state index contributed by atoms with van der Waals surface area (Å²) in [5.41, 5.74) is 6.50. The molecule has 3 heterocycles. The molecule has 21 heavy (non-hydrogen) atoms. The van der Waals surface area contributed by atoms with Crippen molar-refractivity contribution < 1.29 is 19.7 Å². The van der Waals surface area contributed by atoms with Crippen LogP contribution in [-0.4, -0.2) is 54.7 Å². The van der Waals surface area contributed by atoms with E-state index in [1.807, 2.05) is 6.11 Å². The number of aliphatic hydroxyl groups is 2. The molecule has 0 aliphatic carbocycles. The Balaban J connectivity index is 1.92. The Labute approximate surface area is 119 Å². The van der Waals surface area contributed by atoms with Gasteiger partial charge in [0.05, 0.1) is 6.33 Å². The summed E-state index contributed by atoms with van der Waals surface area (Å²) in [4.78, 5) is 12.0. The molecule has 110 valence electrons. The Morgan fingerprint density at radius 3 is 2.95 bits per heavy atom. The summed E-state index contributed by atoms with van der Waals surface area (Å²) in [6.07, 6.45) is 5.74. The quantitative estimate of drug-likeness (QED) is 0.591. The van der Waals surface area contributed by atoms with Gasteiger partial charge in [-0.1, -0.05) is 6.42 Å². The van der Waals surface area contributed by atoms with E-state index >= 15 is 0 Å². The zero-order valence-electron chi connectivity index (χ0n) is 10.8. The second kappa shape index (κ2) is 5.17. The van der Waals surface area contributed by atoms with Gasteiger partial charge in [-0.3, -0.25) is 4.57 Å². The number of hydrogen-bond donors (Lipinski definition) is 3. The van der Waals surface area contributed by atoms with Crippen LogP contribution in [0.2, 0.25) is 0 Å². The van der Waals surface area contributed by atoms with Gasteiger partial charge in [-0.2, -0.15) is 0 Å². The highest BCUT2D eigenvalue weighted by Gasteiger charge is 2.44. The van der Waals surface area contributed by atoms with Crippen LogP contribution in [0, 0.1) is 12.5 Å². The van der Waals surface area contributed by atoms with Crippen LogP contribution in [0.3, 0.4) is 0 Å². The fourth-order valence-corrected chi connectivity index (χ4v) is 2.28. The third-order valence-electron chi connectivity index (χ3n) is 3.33. The van der Waals surface area contributed by atoms with E-state index in [9.17, 15) is 10.2 Å². The van der Waals surface area contributed by atoms with Gasteiger partial charge in [-0.15, -0.1) is 0 Å². The molecule has 9 nitrogen and oxygen atoms in total. The molecule has 3 rings (SSSR count). The maximum absolute atomic E-state index is 10.1. The SMILES string of the molecule is C#COCC1OC(n2cnc3c(N)ncnc32)C(O)C1O. The molecule has 4 atom stereocenters. The number of imidazole rings is 1. The minimum atomic E-state index is -1.18. The molecule has 9 heteroatoms. The zero-order valence-corrected chi connectivity index (χ0v) is 10.8. The van der Waals surface area contributed by atoms with Crippen LogP contribution >= 0.6 is 0 Å². The molecule has 0 spiro atoms. The molecule has 1 saturated heterocycles. The predicted molar refractivity (Wildman–Crippen MR) is 70.4 cm³/mol. The topological polar surface area (TPSA) is 129 Å².